The maximum Gasteiger partial charge on any atom is 0.137 e. The van der Waals surface area contributed by atoms with Gasteiger partial charge in [0.05, 0.1) is 18.9 Å². The molecule has 138 valence electrons. The Hall–Kier alpha value is -2.15. The van der Waals surface area contributed by atoms with Crippen molar-refractivity contribution in [3.63, 3.8) is 0 Å². The van der Waals surface area contributed by atoms with Gasteiger partial charge in [0.25, 0.3) is 0 Å². The standard InChI is InChI=1S/C21H22N4OS/c1-2-4-16(5-3-1)17-6-7-19-23-20(21-22-8-13-27-21)18(25(19)14-17)15-24-9-11-26-12-10-24/h1-7,14H,8-13,15H2. The van der Waals surface area contributed by atoms with E-state index in [1.165, 1.54) is 16.8 Å². The number of thioether (sulfide) groups is 1. The van der Waals surface area contributed by atoms with E-state index in [0.717, 1.165) is 61.5 Å². The van der Waals surface area contributed by atoms with Crippen LogP contribution >= 0.6 is 11.8 Å². The van der Waals surface area contributed by atoms with Gasteiger partial charge in [-0.25, -0.2) is 4.98 Å². The van der Waals surface area contributed by atoms with E-state index in [0.29, 0.717) is 0 Å². The number of nitrogens with zero attached hydrogens (tertiary/aromatic N) is 4. The van der Waals surface area contributed by atoms with E-state index < -0.39 is 0 Å². The van der Waals surface area contributed by atoms with Crippen molar-refractivity contribution in [3.05, 3.63) is 60.0 Å². The van der Waals surface area contributed by atoms with Crippen LogP contribution in [0.15, 0.2) is 53.7 Å². The Labute approximate surface area is 163 Å². The van der Waals surface area contributed by atoms with E-state index in [9.17, 15) is 0 Å². The molecule has 1 saturated heterocycles. The van der Waals surface area contributed by atoms with Crippen molar-refractivity contribution in [1.29, 1.82) is 0 Å². The molecule has 0 radical (unpaired) electrons. The fourth-order valence-corrected chi connectivity index (χ4v) is 4.53. The highest BCUT2D eigenvalue weighted by molar-refractivity contribution is 8.14. The molecule has 2 aliphatic heterocycles. The number of rotatable bonds is 4. The van der Waals surface area contributed by atoms with E-state index in [1.54, 1.807) is 0 Å². The molecule has 1 aromatic carbocycles. The largest absolute Gasteiger partial charge is 0.379 e. The highest BCUT2D eigenvalue weighted by atomic mass is 32.2. The Balaban J connectivity index is 1.61. The van der Waals surface area contributed by atoms with E-state index in [4.69, 9.17) is 14.7 Å². The smallest absolute Gasteiger partial charge is 0.137 e. The number of benzene rings is 1. The summed E-state index contributed by atoms with van der Waals surface area (Å²) in [6.45, 7) is 5.29. The zero-order valence-corrected chi connectivity index (χ0v) is 16.0. The average Bonchev–Trinajstić information content (AvgIpc) is 3.37. The lowest BCUT2D eigenvalue weighted by molar-refractivity contribution is 0.0335. The number of ether oxygens (including phenoxy) is 1. The SMILES string of the molecule is c1ccc(-c2ccc3nc(C4=NCCS4)c(CN4CCOCC4)n3c2)cc1. The second kappa shape index (κ2) is 7.46. The molecule has 0 N–H and O–H groups in total. The number of imidazole rings is 1. The van der Waals surface area contributed by atoms with Crippen molar-refractivity contribution < 1.29 is 4.74 Å². The first kappa shape index (κ1) is 17.0. The summed E-state index contributed by atoms with van der Waals surface area (Å²) in [5.41, 5.74) is 5.70. The number of aromatic nitrogens is 2. The predicted octanol–water partition coefficient (Wildman–Crippen LogP) is 3.33. The molecule has 0 aliphatic carbocycles. The van der Waals surface area contributed by atoms with Crippen LogP contribution in [0.25, 0.3) is 16.8 Å². The lowest BCUT2D eigenvalue weighted by Crippen LogP contribution is -2.36. The molecule has 0 unspecified atom stereocenters. The summed E-state index contributed by atoms with van der Waals surface area (Å²) in [5.74, 6) is 1.05. The highest BCUT2D eigenvalue weighted by Gasteiger charge is 2.23. The van der Waals surface area contributed by atoms with Crippen LogP contribution in [-0.2, 0) is 11.3 Å². The molecule has 27 heavy (non-hydrogen) atoms. The lowest BCUT2D eigenvalue weighted by atomic mass is 10.1. The third-order valence-corrected chi connectivity index (χ3v) is 6.07. The number of hydrogen-bond donors (Lipinski definition) is 0. The van der Waals surface area contributed by atoms with Crippen molar-refractivity contribution in [1.82, 2.24) is 14.3 Å². The molecular formula is C21H22N4OS. The van der Waals surface area contributed by atoms with E-state index in [2.05, 4.69) is 58.0 Å². The van der Waals surface area contributed by atoms with Gasteiger partial charge in [-0.3, -0.25) is 9.89 Å². The van der Waals surface area contributed by atoms with Crippen LogP contribution in [-0.4, -0.2) is 57.9 Å². The Morgan fingerprint density at radius 2 is 1.85 bits per heavy atom. The molecule has 0 bridgehead atoms. The molecule has 6 heteroatoms. The van der Waals surface area contributed by atoms with Crippen molar-refractivity contribution in [3.8, 4) is 11.1 Å². The van der Waals surface area contributed by atoms with Gasteiger partial charge in [0, 0.05) is 38.1 Å². The summed E-state index contributed by atoms with van der Waals surface area (Å²) >= 11 is 1.82. The number of hydrogen-bond acceptors (Lipinski definition) is 5. The topological polar surface area (TPSA) is 42.1 Å². The van der Waals surface area contributed by atoms with Gasteiger partial charge in [-0.1, -0.05) is 30.3 Å². The number of pyridine rings is 1. The van der Waals surface area contributed by atoms with Crippen LogP contribution in [0, 0.1) is 0 Å². The van der Waals surface area contributed by atoms with Crippen LogP contribution in [0.3, 0.4) is 0 Å². The quantitative estimate of drug-likeness (QED) is 0.698. The fourth-order valence-electron chi connectivity index (χ4n) is 3.67. The first-order valence-corrected chi connectivity index (χ1v) is 10.4. The second-order valence-corrected chi connectivity index (χ2v) is 7.93. The fraction of sp³-hybridized carbons (Fsp3) is 0.333. The summed E-state index contributed by atoms with van der Waals surface area (Å²) < 4.78 is 7.78. The first-order valence-electron chi connectivity index (χ1n) is 9.42. The Morgan fingerprint density at radius 3 is 2.63 bits per heavy atom. The van der Waals surface area contributed by atoms with E-state index >= 15 is 0 Å². The summed E-state index contributed by atoms with van der Waals surface area (Å²) in [6, 6.07) is 14.8. The molecule has 2 aromatic heterocycles. The maximum absolute atomic E-state index is 5.52. The summed E-state index contributed by atoms with van der Waals surface area (Å²) in [7, 11) is 0. The Morgan fingerprint density at radius 1 is 1.00 bits per heavy atom. The molecule has 4 heterocycles. The molecular weight excluding hydrogens is 356 g/mol. The van der Waals surface area contributed by atoms with Gasteiger partial charge in [-0.2, -0.15) is 0 Å². The molecule has 0 saturated carbocycles. The maximum atomic E-state index is 5.52. The first-order chi connectivity index (χ1) is 13.4. The Kier molecular flexibility index (Phi) is 4.69. The van der Waals surface area contributed by atoms with Gasteiger partial charge in [-0.05, 0) is 23.3 Å². The summed E-state index contributed by atoms with van der Waals surface area (Å²) in [4.78, 5) is 12.1. The van der Waals surface area contributed by atoms with Gasteiger partial charge in [0.1, 0.15) is 16.4 Å². The van der Waals surface area contributed by atoms with E-state index in [-0.39, 0.29) is 0 Å². The van der Waals surface area contributed by atoms with Crippen molar-refractivity contribution >= 4 is 22.5 Å². The second-order valence-electron chi connectivity index (χ2n) is 6.84. The molecule has 0 spiro atoms. The summed E-state index contributed by atoms with van der Waals surface area (Å²) in [5, 5.41) is 1.09. The minimum atomic E-state index is 0.803. The van der Waals surface area contributed by atoms with Gasteiger partial charge in [0.2, 0.25) is 0 Å². The monoisotopic (exact) mass is 378 g/mol. The lowest BCUT2D eigenvalue weighted by Gasteiger charge is -2.26. The number of morpholine rings is 1. The van der Waals surface area contributed by atoms with Gasteiger partial charge in [-0.15, -0.1) is 11.8 Å². The summed E-state index contributed by atoms with van der Waals surface area (Å²) in [6.07, 6.45) is 2.22. The van der Waals surface area contributed by atoms with Crippen LogP contribution < -0.4 is 0 Å². The minimum Gasteiger partial charge on any atom is -0.379 e. The van der Waals surface area contributed by atoms with Gasteiger partial charge < -0.3 is 9.14 Å². The van der Waals surface area contributed by atoms with Crippen LogP contribution in [0.1, 0.15) is 11.4 Å². The van der Waals surface area contributed by atoms with Gasteiger partial charge in [0.15, 0.2) is 0 Å². The number of aliphatic imine (C=N–C) groups is 1. The normalized spacial score (nSPS) is 18.1. The number of fused-ring (bicyclic) bond motifs is 1. The molecule has 5 nitrogen and oxygen atoms in total. The molecule has 5 rings (SSSR count). The van der Waals surface area contributed by atoms with Crippen molar-refractivity contribution in [2.45, 2.75) is 6.54 Å². The highest BCUT2D eigenvalue weighted by Crippen LogP contribution is 2.27. The van der Waals surface area contributed by atoms with Crippen LogP contribution in [0.4, 0.5) is 0 Å². The third kappa shape index (κ3) is 3.40. The van der Waals surface area contributed by atoms with Crippen LogP contribution in [0.2, 0.25) is 0 Å². The van der Waals surface area contributed by atoms with Crippen molar-refractivity contribution in [2.24, 2.45) is 4.99 Å². The average molecular weight is 379 g/mol. The molecule has 3 aromatic rings. The molecule has 1 fully saturated rings. The van der Waals surface area contributed by atoms with Gasteiger partial charge >= 0.3 is 0 Å². The zero-order valence-electron chi connectivity index (χ0n) is 15.2. The molecule has 2 aliphatic rings. The zero-order chi connectivity index (χ0) is 18.1. The molecule has 0 atom stereocenters. The van der Waals surface area contributed by atoms with E-state index in [1.807, 2.05) is 11.8 Å². The predicted molar refractivity (Wildman–Crippen MR) is 111 cm³/mol. The van der Waals surface area contributed by atoms with Crippen LogP contribution in [0.5, 0.6) is 0 Å². The molecule has 0 amide bonds. The Bertz CT molecular complexity index is 977. The third-order valence-electron chi connectivity index (χ3n) is 5.09. The minimum absolute atomic E-state index is 0.803. The van der Waals surface area contributed by atoms with Crippen molar-refractivity contribution in [2.75, 3.05) is 38.6 Å².